The monoisotopic (exact) mass is 287 g/mol. The lowest BCUT2D eigenvalue weighted by Crippen LogP contribution is -2.02. The van der Waals surface area contributed by atoms with Crippen LogP contribution in [0.3, 0.4) is 0 Å². The van der Waals surface area contributed by atoms with Gasteiger partial charge < -0.3 is 5.32 Å². The average molecular weight is 289 g/mol. The molecule has 1 heterocycles. The van der Waals surface area contributed by atoms with E-state index >= 15 is 0 Å². The number of aromatic nitrogens is 2. The van der Waals surface area contributed by atoms with Gasteiger partial charge >= 0.3 is 0 Å². The van der Waals surface area contributed by atoms with Gasteiger partial charge in [-0.2, -0.15) is 0 Å². The summed E-state index contributed by atoms with van der Waals surface area (Å²) in [6, 6.07) is 5.11. The van der Waals surface area contributed by atoms with Gasteiger partial charge in [0.05, 0.1) is 33.0 Å². The van der Waals surface area contributed by atoms with Gasteiger partial charge in [0, 0.05) is 6.20 Å². The number of benzene rings is 1. The van der Waals surface area contributed by atoms with Crippen molar-refractivity contribution >= 4 is 40.5 Å². The third kappa shape index (κ3) is 3.22. The van der Waals surface area contributed by atoms with Crippen molar-refractivity contribution in [2.75, 3.05) is 5.32 Å². The highest BCUT2D eigenvalue weighted by Crippen LogP contribution is 2.32. The molecule has 1 aromatic carbocycles. The molecule has 2 aromatic rings. The Kier molecular flexibility index (Phi) is 4.05. The smallest absolute Gasteiger partial charge is 0.115 e. The highest BCUT2D eigenvalue weighted by molar-refractivity contribution is 6.44. The predicted molar refractivity (Wildman–Crippen MR) is 70.8 cm³/mol. The summed E-state index contributed by atoms with van der Waals surface area (Å²) in [4.78, 5) is 7.93. The fourth-order valence-electron chi connectivity index (χ4n) is 1.27. The molecule has 17 heavy (non-hydrogen) atoms. The van der Waals surface area contributed by atoms with Gasteiger partial charge in [-0.1, -0.05) is 34.8 Å². The molecule has 0 unspecified atom stereocenters. The highest BCUT2D eigenvalue weighted by Gasteiger charge is 2.05. The number of halogens is 3. The third-order valence-electron chi connectivity index (χ3n) is 2.11. The molecular weight excluding hydrogens is 281 g/mol. The Bertz CT molecular complexity index is 517. The lowest BCUT2D eigenvalue weighted by Gasteiger charge is -2.09. The number of hydrogen-bond acceptors (Lipinski definition) is 3. The Hall–Kier alpha value is -1.03. The number of anilines is 1. The van der Waals surface area contributed by atoms with Crippen molar-refractivity contribution in [2.45, 2.75) is 6.54 Å². The van der Waals surface area contributed by atoms with Gasteiger partial charge in [-0.25, -0.2) is 9.97 Å². The van der Waals surface area contributed by atoms with Crippen LogP contribution in [-0.4, -0.2) is 9.97 Å². The zero-order valence-electron chi connectivity index (χ0n) is 8.62. The normalized spacial score (nSPS) is 10.3. The summed E-state index contributed by atoms with van der Waals surface area (Å²) in [6.45, 7) is 0.542. The van der Waals surface area contributed by atoms with Gasteiger partial charge in [0.25, 0.3) is 0 Å². The Balaban J connectivity index is 2.12. The molecule has 0 aliphatic heterocycles. The fraction of sp³-hybridized carbons (Fsp3) is 0.0909. The fourth-order valence-corrected chi connectivity index (χ4v) is 1.88. The number of hydrogen-bond donors (Lipinski definition) is 1. The molecule has 0 saturated carbocycles. The highest BCUT2D eigenvalue weighted by atomic mass is 35.5. The summed E-state index contributed by atoms with van der Waals surface area (Å²) in [5.74, 6) is 0. The van der Waals surface area contributed by atoms with Gasteiger partial charge in [-0.3, -0.25) is 0 Å². The molecule has 0 aliphatic carbocycles. The average Bonchev–Trinajstić information content (AvgIpc) is 2.33. The largest absolute Gasteiger partial charge is 0.378 e. The molecule has 0 fully saturated rings. The van der Waals surface area contributed by atoms with Crippen molar-refractivity contribution < 1.29 is 0 Å². The number of rotatable bonds is 3. The molecule has 6 heteroatoms. The molecule has 0 atom stereocenters. The van der Waals surface area contributed by atoms with Crippen LogP contribution in [-0.2, 0) is 6.54 Å². The molecule has 0 bridgehead atoms. The summed E-state index contributed by atoms with van der Waals surface area (Å²) < 4.78 is 0. The molecule has 1 aromatic heterocycles. The van der Waals surface area contributed by atoms with Gasteiger partial charge in [0.15, 0.2) is 0 Å². The van der Waals surface area contributed by atoms with Crippen molar-refractivity contribution in [3.05, 3.63) is 51.5 Å². The summed E-state index contributed by atoms with van der Waals surface area (Å²) >= 11 is 17.8. The van der Waals surface area contributed by atoms with E-state index in [0.717, 1.165) is 11.4 Å². The Labute approximate surface area is 114 Å². The summed E-state index contributed by atoms with van der Waals surface area (Å²) in [7, 11) is 0. The second kappa shape index (κ2) is 5.54. The van der Waals surface area contributed by atoms with Gasteiger partial charge in [-0.15, -0.1) is 0 Å². The molecule has 2 rings (SSSR count). The molecule has 3 nitrogen and oxygen atoms in total. The minimum atomic E-state index is 0.434. The Morgan fingerprint density at radius 2 is 1.82 bits per heavy atom. The minimum Gasteiger partial charge on any atom is -0.378 e. The summed E-state index contributed by atoms with van der Waals surface area (Å²) in [6.07, 6.45) is 3.17. The molecule has 88 valence electrons. The lowest BCUT2D eigenvalue weighted by atomic mass is 10.3. The summed E-state index contributed by atoms with van der Waals surface area (Å²) in [5, 5.41) is 4.55. The SMILES string of the molecule is Clc1cc(Cl)c(NCc2ccncn2)cc1Cl. The van der Waals surface area contributed by atoms with Crippen LogP contribution in [0, 0.1) is 0 Å². The van der Waals surface area contributed by atoms with Crippen LogP contribution >= 0.6 is 34.8 Å². The Morgan fingerprint density at radius 3 is 2.53 bits per heavy atom. The summed E-state index contributed by atoms with van der Waals surface area (Å²) in [5.41, 5.74) is 1.59. The first-order valence-corrected chi connectivity index (χ1v) is 5.93. The molecular formula is C11H8Cl3N3. The van der Waals surface area contributed by atoms with Crippen LogP contribution in [0.25, 0.3) is 0 Å². The first-order valence-electron chi connectivity index (χ1n) is 4.80. The first kappa shape index (κ1) is 12.4. The minimum absolute atomic E-state index is 0.434. The second-order valence-corrected chi connectivity index (χ2v) is 4.52. The van der Waals surface area contributed by atoms with Crippen LogP contribution in [0.4, 0.5) is 5.69 Å². The van der Waals surface area contributed by atoms with Crippen molar-refractivity contribution in [1.29, 1.82) is 0 Å². The van der Waals surface area contributed by atoms with Crippen molar-refractivity contribution in [3.63, 3.8) is 0 Å². The third-order valence-corrected chi connectivity index (χ3v) is 3.15. The molecule has 0 radical (unpaired) electrons. The zero-order chi connectivity index (χ0) is 12.3. The van der Waals surface area contributed by atoms with E-state index in [1.807, 2.05) is 6.07 Å². The van der Waals surface area contributed by atoms with E-state index in [9.17, 15) is 0 Å². The Morgan fingerprint density at radius 1 is 1.06 bits per heavy atom. The molecule has 0 saturated heterocycles. The van der Waals surface area contributed by atoms with Crippen LogP contribution in [0.1, 0.15) is 5.69 Å². The number of nitrogens with zero attached hydrogens (tertiary/aromatic N) is 2. The van der Waals surface area contributed by atoms with E-state index in [-0.39, 0.29) is 0 Å². The van der Waals surface area contributed by atoms with Crippen molar-refractivity contribution in [3.8, 4) is 0 Å². The topological polar surface area (TPSA) is 37.8 Å². The van der Waals surface area contributed by atoms with E-state index in [0.29, 0.717) is 21.6 Å². The molecule has 0 amide bonds. The molecule has 0 aliphatic rings. The van der Waals surface area contributed by atoms with Gasteiger partial charge in [-0.05, 0) is 18.2 Å². The maximum absolute atomic E-state index is 6.03. The predicted octanol–water partition coefficient (Wildman–Crippen LogP) is 4.05. The maximum Gasteiger partial charge on any atom is 0.115 e. The molecule has 1 N–H and O–H groups in total. The van der Waals surface area contributed by atoms with Gasteiger partial charge in [0.2, 0.25) is 0 Å². The van der Waals surface area contributed by atoms with E-state index in [2.05, 4.69) is 15.3 Å². The van der Waals surface area contributed by atoms with Gasteiger partial charge in [0.1, 0.15) is 6.33 Å². The van der Waals surface area contributed by atoms with E-state index in [1.54, 1.807) is 18.3 Å². The second-order valence-electron chi connectivity index (χ2n) is 3.30. The van der Waals surface area contributed by atoms with Crippen LogP contribution in [0.5, 0.6) is 0 Å². The van der Waals surface area contributed by atoms with E-state index in [1.165, 1.54) is 6.33 Å². The zero-order valence-corrected chi connectivity index (χ0v) is 10.9. The van der Waals surface area contributed by atoms with Crippen LogP contribution in [0.2, 0.25) is 15.1 Å². The lowest BCUT2D eigenvalue weighted by molar-refractivity contribution is 1.01. The quantitative estimate of drug-likeness (QED) is 0.866. The van der Waals surface area contributed by atoms with E-state index in [4.69, 9.17) is 34.8 Å². The first-order chi connectivity index (χ1) is 8.16. The standard InChI is InChI=1S/C11H8Cl3N3/c12-8-3-10(14)11(4-9(8)13)16-5-7-1-2-15-6-17-7/h1-4,6,16H,5H2. The van der Waals surface area contributed by atoms with Crippen molar-refractivity contribution in [1.82, 2.24) is 9.97 Å². The number of nitrogens with one attached hydrogen (secondary N) is 1. The van der Waals surface area contributed by atoms with Crippen molar-refractivity contribution in [2.24, 2.45) is 0 Å². The van der Waals surface area contributed by atoms with E-state index < -0.39 is 0 Å². The van der Waals surface area contributed by atoms with Crippen LogP contribution in [0.15, 0.2) is 30.7 Å². The molecule has 0 spiro atoms. The van der Waals surface area contributed by atoms with Crippen LogP contribution < -0.4 is 5.32 Å². The maximum atomic E-state index is 6.03.